The molecule has 0 atom stereocenters. The number of halogens is 3. The van der Waals surface area contributed by atoms with Gasteiger partial charge in [-0.15, -0.1) is 0 Å². The fraction of sp³-hybridized carbons (Fsp3) is 0.391. The van der Waals surface area contributed by atoms with Crippen LogP contribution in [0.25, 0.3) is 0 Å². The highest BCUT2D eigenvalue weighted by Gasteiger charge is 2.34. The molecular formula is C23H22F3N3O2. The number of nitriles is 1. The summed E-state index contributed by atoms with van der Waals surface area (Å²) in [5.41, 5.74) is 1.74. The fourth-order valence-electron chi connectivity index (χ4n) is 4.04. The van der Waals surface area contributed by atoms with E-state index in [2.05, 4.69) is 6.07 Å². The van der Waals surface area contributed by atoms with Gasteiger partial charge in [0.25, 0.3) is 5.91 Å². The van der Waals surface area contributed by atoms with Crippen LogP contribution in [0.5, 0.6) is 5.75 Å². The lowest BCUT2D eigenvalue weighted by Gasteiger charge is -2.36. The van der Waals surface area contributed by atoms with Crippen LogP contribution in [-0.4, -0.2) is 44.1 Å². The van der Waals surface area contributed by atoms with E-state index in [1.807, 2.05) is 11.0 Å². The standard InChI is InChI=1S/C23H22F3N3O2/c1-31-21-16(14-27)4-9-19(15-2-3-15)20(21)22(30)29-12-10-28(11-13-29)18-7-5-17(6-8-18)23(24,25)26/h4-9,15H,2-3,10-13H2,1H3. The second-order valence-corrected chi connectivity index (χ2v) is 7.82. The molecule has 0 radical (unpaired) electrons. The first kappa shape index (κ1) is 21.0. The Kier molecular flexibility index (Phi) is 5.52. The second-order valence-electron chi connectivity index (χ2n) is 7.82. The quantitative estimate of drug-likeness (QED) is 0.722. The van der Waals surface area contributed by atoms with E-state index in [-0.39, 0.29) is 5.91 Å². The lowest BCUT2D eigenvalue weighted by molar-refractivity contribution is -0.137. The molecule has 0 N–H and O–H groups in total. The minimum atomic E-state index is -4.36. The Morgan fingerprint density at radius 3 is 2.23 bits per heavy atom. The number of hydrogen-bond donors (Lipinski definition) is 0. The number of hydrogen-bond acceptors (Lipinski definition) is 4. The topological polar surface area (TPSA) is 56.6 Å². The van der Waals surface area contributed by atoms with Gasteiger partial charge in [0.1, 0.15) is 11.8 Å². The lowest BCUT2D eigenvalue weighted by Crippen LogP contribution is -2.49. The van der Waals surface area contributed by atoms with Crippen molar-refractivity contribution in [3.8, 4) is 11.8 Å². The van der Waals surface area contributed by atoms with Crippen LogP contribution in [0.2, 0.25) is 0 Å². The molecule has 1 saturated carbocycles. The number of ether oxygens (including phenoxy) is 1. The van der Waals surface area contributed by atoms with Crippen molar-refractivity contribution in [2.45, 2.75) is 24.9 Å². The molecule has 0 bridgehead atoms. The van der Waals surface area contributed by atoms with Crippen LogP contribution < -0.4 is 9.64 Å². The maximum atomic E-state index is 13.4. The zero-order valence-corrected chi connectivity index (χ0v) is 17.1. The van der Waals surface area contributed by atoms with Crippen molar-refractivity contribution >= 4 is 11.6 Å². The first-order valence-corrected chi connectivity index (χ1v) is 10.2. The summed E-state index contributed by atoms with van der Waals surface area (Å²) in [7, 11) is 1.46. The van der Waals surface area contributed by atoms with Crippen molar-refractivity contribution in [1.29, 1.82) is 5.26 Å². The molecule has 8 heteroatoms. The van der Waals surface area contributed by atoms with Crippen molar-refractivity contribution < 1.29 is 22.7 Å². The van der Waals surface area contributed by atoms with Gasteiger partial charge in [0, 0.05) is 31.9 Å². The molecule has 31 heavy (non-hydrogen) atoms. The number of carbonyl (C=O) groups is 1. The summed E-state index contributed by atoms with van der Waals surface area (Å²) in [5.74, 6) is 0.471. The van der Waals surface area contributed by atoms with Crippen LogP contribution in [0.3, 0.4) is 0 Å². The number of benzene rings is 2. The third kappa shape index (κ3) is 4.18. The van der Waals surface area contributed by atoms with Gasteiger partial charge in [-0.1, -0.05) is 6.07 Å². The van der Waals surface area contributed by atoms with Crippen LogP contribution >= 0.6 is 0 Å². The highest BCUT2D eigenvalue weighted by molar-refractivity contribution is 5.99. The number of carbonyl (C=O) groups excluding carboxylic acids is 1. The number of rotatable bonds is 4. The molecule has 5 nitrogen and oxygen atoms in total. The highest BCUT2D eigenvalue weighted by atomic mass is 19.4. The molecule has 1 heterocycles. The molecule has 1 amide bonds. The fourth-order valence-corrected chi connectivity index (χ4v) is 4.04. The summed E-state index contributed by atoms with van der Waals surface area (Å²) in [4.78, 5) is 17.1. The molecule has 2 fully saturated rings. The van der Waals surface area contributed by atoms with E-state index in [4.69, 9.17) is 4.74 Å². The van der Waals surface area contributed by atoms with Gasteiger partial charge in [-0.2, -0.15) is 18.4 Å². The van der Waals surface area contributed by atoms with Crippen molar-refractivity contribution in [3.05, 3.63) is 58.7 Å². The minimum absolute atomic E-state index is 0.164. The highest BCUT2D eigenvalue weighted by Crippen LogP contribution is 2.45. The third-order valence-corrected chi connectivity index (χ3v) is 5.87. The Morgan fingerprint density at radius 2 is 1.71 bits per heavy atom. The molecule has 0 unspecified atom stereocenters. The normalized spacial score (nSPS) is 16.7. The van der Waals surface area contributed by atoms with E-state index in [1.54, 1.807) is 11.0 Å². The van der Waals surface area contributed by atoms with Gasteiger partial charge in [-0.3, -0.25) is 4.79 Å². The largest absolute Gasteiger partial charge is 0.495 e. The summed E-state index contributed by atoms with van der Waals surface area (Å²) in [5, 5.41) is 9.41. The Labute approximate surface area is 178 Å². The van der Waals surface area contributed by atoms with E-state index in [9.17, 15) is 23.2 Å². The van der Waals surface area contributed by atoms with Crippen molar-refractivity contribution in [3.63, 3.8) is 0 Å². The van der Waals surface area contributed by atoms with E-state index in [1.165, 1.54) is 19.2 Å². The van der Waals surface area contributed by atoms with Gasteiger partial charge in [-0.05, 0) is 54.7 Å². The van der Waals surface area contributed by atoms with Crippen LogP contribution in [0.1, 0.15) is 45.8 Å². The summed E-state index contributed by atoms with van der Waals surface area (Å²) in [6.07, 6.45) is -2.34. The van der Waals surface area contributed by atoms with Gasteiger partial charge in [0.15, 0.2) is 0 Å². The maximum absolute atomic E-state index is 13.4. The van der Waals surface area contributed by atoms with Gasteiger partial charge < -0.3 is 14.5 Å². The summed E-state index contributed by atoms with van der Waals surface area (Å²) in [6, 6.07) is 10.7. The van der Waals surface area contributed by atoms with E-state index < -0.39 is 11.7 Å². The lowest BCUT2D eigenvalue weighted by atomic mass is 9.97. The molecule has 0 spiro atoms. The number of methoxy groups -OCH3 is 1. The van der Waals surface area contributed by atoms with E-state index >= 15 is 0 Å². The molecule has 2 aromatic rings. The molecule has 4 rings (SSSR count). The summed E-state index contributed by atoms with van der Waals surface area (Å²) in [6.45, 7) is 1.89. The molecule has 162 valence electrons. The first-order chi connectivity index (χ1) is 14.8. The maximum Gasteiger partial charge on any atom is 0.416 e. The van der Waals surface area contributed by atoms with Gasteiger partial charge in [-0.25, -0.2) is 0 Å². The third-order valence-electron chi connectivity index (χ3n) is 5.87. The monoisotopic (exact) mass is 429 g/mol. The SMILES string of the molecule is COc1c(C#N)ccc(C2CC2)c1C(=O)N1CCN(c2ccc(C(F)(F)F)cc2)CC1. The average molecular weight is 429 g/mol. The minimum Gasteiger partial charge on any atom is -0.495 e. The van der Waals surface area contributed by atoms with Crippen LogP contribution in [0, 0.1) is 11.3 Å². The van der Waals surface area contributed by atoms with Crippen molar-refractivity contribution in [2.75, 3.05) is 38.2 Å². The molecule has 1 saturated heterocycles. The Balaban J connectivity index is 1.51. The Hall–Kier alpha value is -3.21. The Morgan fingerprint density at radius 1 is 1.06 bits per heavy atom. The smallest absolute Gasteiger partial charge is 0.416 e. The molecule has 1 aliphatic heterocycles. The zero-order chi connectivity index (χ0) is 22.2. The van der Waals surface area contributed by atoms with Crippen LogP contribution in [0.4, 0.5) is 18.9 Å². The van der Waals surface area contributed by atoms with Crippen molar-refractivity contribution in [1.82, 2.24) is 4.90 Å². The predicted octanol–water partition coefficient (Wildman–Crippen LogP) is 4.43. The number of amides is 1. The second kappa shape index (κ2) is 8.14. The summed E-state index contributed by atoms with van der Waals surface area (Å²) < 4.78 is 43.8. The first-order valence-electron chi connectivity index (χ1n) is 10.2. The summed E-state index contributed by atoms with van der Waals surface area (Å²) >= 11 is 0. The van der Waals surface area contributed by atoms with E-state index in [0.29, 0.717) is 54.7 Å². The predicted molar refractivity (Wildman–Crippen MR) is 109 cm³/mol. The molecule has 1 aliphatic carbocycles. The zero-order valence-electron chi connectivity index (χ0n) is 17.1. The van der Waals surface area contributed by atoms with Crippen molar-refractivity contribution in [2.24, 2.45) is 0 Å². The number of nitrogens with zero attached hydrogens (tertiary/aromatic N) is 3. The van der Waals surface area contributed by atoms with E-state index in [0.717, 1.165) is 30.5 Å². The Bertz CT molecular complexity index is 1020. The number of anilines is 1. The molecule has 0 aromatic heterocycles. The molecule has 2 aliphatic rings. The molecule has 2 aromatic carbocycles. The number of alkyl halides is 3. The van der Waals surface area contributed by atoms with Gasteiger partial charge in [0.2, 0.25) is 0 Å². The van der Waals surface area contributed by atoms with Gasteiger partial charge >= 0.3 is 6.18 Å². The molecular weight excluding hydrogens is 407 g/mol. The average Bonchev–Trinajstić information content (AvgIpc) is 3.62. The number of piperazine rings is 1. The van der Waals surface area contributed by atoms with Gasteiger partial charge in [0.05, 0.1) is 23.8 Å². The van der Waals surface area contributed by atoms with Crippen LogP contribution in [-0.2, 0) is 6.18 Å². The van der Waals surface area contributed by atoms with Crippen LogP contribution in [0.15, 0.2) is 36.4 Å².